The van der Waals surface area contributed by atoms with Crippen LogP contribution < -0.4 is 10.6 Å². The van der Waals surface area contributed by atoms with Crippen LogP contribution in [0.5, 0.6) is 0 Å². The van der Waals surface area contributed by atoms with Crippen LogP contribution in [0.4, 0.5) is 9.18 Å². The highest BCUT2D eigenvalue weighted by Crippen LogP contribution is 2.20. The SMILES string of the molecule is CCCCC/C=C\C/C=C\CCCCCCCCOC(=O)NC(=N)/C(F)=C\NC1OCC(OC(C)=O)C1OC(C)=O. The topological polar surface area (TPSA) is 136 Å². The first kappa shape index (κ1) is 35.8. The molecule has 0 bridgehead atoms. The summed E-state index contributed by atoms with van der Waals surface area (Å²) in [5.41, 5.74) is 0. The number of carbonyl (C=O) groups excluding carboxylic acids is 3. The number of amidine groups is 1. The molecule has 1 aliphatic rings. The number of hydrogen-bond acceptors (Lipinski definition) is 9. The highest BCUT2D eigenvalue weighted by molar-refractivity contribution is 6.02. The molecular formula is C30H48FN3O7. The van der Waals surface area contributed by atoms with E-state index in [0.29, 0.717) is 6.42 Å². The minimum absolute atomic E-state index is 0.0681. The molecule has 1 heterocycles. The largest absolute Gasteiger partial charge is 0.456 e. The Bertz CT molecular complexity index is 891. The van der Waals surface area contributed by atoms with Crippen LogP contribution in [0.15, 0.2) is 36.3 Å². The van der Waals surface area contributed by atoms with Crippen molar-refractivity contribution in [2.45, 2.75) is 116 Å². The third-order valence-corrected chi connectivity index (χ3v) is 6.14. The number of allylic oxidation sites excluding steroid dienone is 4. The maximum absolute atomic E-state index is 14.3. The Labute approximate surface area is 243 Å². The van der Waals surface area contributed by atoms with Crippen LogP contribution in [0, 0.1) is 5.41 Å². The van der Waals surface area contributed by atoms with E-state index >= 15 is 0 Å². The third kappa shape index (κ3) is 18.0. The molecule has 232 valence electrons. The number of alkyl carbamates (subject to hydrolysis) is 1. The van der Waals surface area contributed by atoms with E-state index in [2.05, 4.69) is 36.5 Å². The van der Waals surface area contributed by atoms with Crippen molar-refractivity contribution < 1.29 is 37.7 Å². The molecule has 1 aliphatic heterocycles. The number of unbranched alkanes of at least 4 members (excludes halogenated alkanes) is 9. The summed E-state index contributed by atoms with van der Waals surface area (Å²) >= 11 is 0. The van der Waals surface area contributed by atoms with E-state index in [0.717, 1.165) is 51.1 Å². The summed E-state index contributed by atoms with van der Waals surface area (Å²) in [6.07, 6.45) is 19.2. The fraction of sp³-hybridized carbons (Fsp3) is 0.667. The molecule has 1 fully saturated rings. The first-order valence-corrected chi connectivity index (χ1v) is 14.6. The molecule has 3 unspecified atom stereocenters. The van der Waals surface area contributed by atoms with Gasteiger partial charge >= 0.3 is 18.0 Å². The molecule has 0 radical (unpaired) electrons. The number of ether oxygens (including phenoxy) is 4. The molecule has 3 N–H and O–H groups in total. The van der Waals surface area contributed by atoms with Gasteiger partial charge in [0.25, 0.3) is 0 Å². The van der Waals surface area contributed by atoms with Crippen LogP contribution in [0.1, 0.15) is 97.8 Å². The van der Waals surface area contributed by atoms with E-state index in [9.17, 15) is 18.8 Å². The van der Waals surface area contributed by atoms with Gasteiger partial charge in [-0.2, -0.15) is 0 Å². The molecule has 1 rings (SSSR count). The molecule has 1 saturated heterocycles. The zero-order chi connectivity index (χ0) is 30.3. The van der Waals surface area contributed by atoms with Crippen molar-refractivity contribution in [1.82, 2.24) is 10.6 Å². The second-order valence-corrected chi connectivity index (χ2v) is 9.86. The Morgan fingerprint density at radius 1 is 0.902 bits per heavy atom. The van der Waals surface area contributed by atoms with Crippen LogP contribution in [-0.4, -0.2) is 55.5 Å². The van der Waals surface area contributed by atoms with Gasteiger partial charge in [-0.15, -0.1) is 0 Å². The number of carbonyl (C=O) groups is 3. The lowest BCUT2D eigenvalue weighted by molar-refractivity contribution is -0.163. The Hall–Kier alpha value is -3.21. The second kappa shape index (κ2) is 22.5. The number of rotatable bonds is 20. The van der Waals surface area contributed by atoms with Gasteiger partial charge < -0.3 is 24.3 Å². The number of halogens is 1. The van der Waals surface area contributed by atoms with Crippen molar-refractivity contribution in [2.24, 2.45) is 0 Å². The summed E-state index contributed by atoms with van der Waals surface area (Å²) in [4.78, 5) is 34.5. The summed E-state index contributed by atoms with van der Waals surface area (Å²) in [5.74, 6) is -3.13. The summed E-state index contributed by atoms with van der Waals surface area (Å²) in [7, 11) is 0. The van der Waals surface area contributed by atoms with Gasteiger partial charge in [0.15, 0.2) is 30.1 Å². The zero-order valence-electron chi connectivity index (χ0n) is 24.8. The molecule has 3 atom stereocenters. The smallest absolute Gasteiger partial charge is 0.412 e. The normalized spacial score (nSPS) is 18.9. The quantitative estimate of drug-likeness (QED) is 0.0390. The van der Waals surface area contributed by atoms with Crippen LogP contribution in [0.3, 0.4) is 0 Å². The number of esters is 2. The monoisotopic (exact) mass is 581 g/mol. The van der Waals surface area contributed by atoms with E-state index < -0.39 is 48.1 Å². The highest BCUT2D eigenvalue weighted by atomic mass is 19.1. The first-order valence-electron chi connectivity index (χ1n) is 14.6. The van der Waals surface area contributed by atoms with Gasteiger partial charge in [0.2, 0.25) is 0 Å². The summed E-state index contributed by atoms with van der Waals surface area (Å²) in [5, 5.41) is 12.3. The zero-order valence-corrected chi connectivity index (χ0v) is 24.8. The van der Waals surface area contributed by atoms with E-state index in [4.69, 9.17) is 24.4 Å². The predicted octanol–water partition coefficient (Wildman–Crippen LogP) is 6.12. The van der Waals surface area contributed by atoms with Gasteiger partial charge in [-0.05, 0) is 38.5 Å². The summed E-state index contributed by atoms with van der Waals surface area (Å²) in [6.45, 7) is 4.71. The summed E-state index contributed by atoms with van der Waals surface area (Å²) in [6, 6.07) is 0. The van der Waals surface area contributed by atoms with Crippen molar-refractivity contribution in [3.05, 3.63) is 36.3 Å². The molecule has 10 nitrogen and oxygen atoms in total. The first-order chi connectivity index (χ1) is 19.7. The van der Waals surface area contributed by atoms with E-state index in [1.165, 1.54) is 39.5 Å². The van der Waals surface area contributed by atoms with Crippen LogP contribution in [-0.2, 0) is 28.5 Å². The Kier molecular flexibility index (Phi) is 19.6. The molecule has 0 aromatic rings. The van der Waals surface area contributed by atoms with Gasteiger partial charge in [-0.3, -0.25) is 20.3 Å². The van der Waals surface area contributed by atoms with Gasteiger partial charge in [0, 0.05) is 20.0 Å². The molecule has 0 aromatic heterocycles. The maximum atomic E-state index is 14.3. The van der Waals surface area contributed by atoms with Gasteiger partial charge in [-0.25, -0.2) is 9.18 Å². The van der Waals surface area contributed by atoms with Crippen LogP contribution in [0.2, 0.25) is 0 Å². The summed E-state index contributed by atoms with van der Waals surface area (Å²) < 4.78 is 34.9. The van der Waals surface area contributed by atoms with Crippen molar-refractivity contribution in [3.63, 3.8) is 0 Å². The molecular weight excluding hydrogens is 533 g/mol. The maximum Gasteiger partial charge on any atom is 0.412 e. The van der Waals surface area contributed by atoms with E-state index in [1.807, 2.05) is 5.32 Å². The van der Waals surface area contributed by atoms with Crippen LogP contribution in [0.25, 0.3) is 0 Å². The van der Waals surface area contributed by atoms with Crippen LogP contribution >= 0.6 is 0 Å². The van der Waals surface area contributed by atoms with E-state index in [1.54, 1.807) is 0 Å². The molecule has 11 heteroatoms. The average molecular weight is 582 g/mol. The standard InChI is InChI=1S/C30H48FN3O7/c1-4-5-6-7-8-9-10-11-12-13-14-15-16-17-18-19-20-38-30(37)34-28(32)25(31)21-33-29-27(41-24(3)36)26(22-39-29)40-23(2)35/h8-9,11-12,21,26-27,29,33H,4-7,10,13-20,22H2,1-3H3,(H2,32,34,37)/b9-8-,12-11-,25-21+. The molecule has 0 aromatic carbocycles. The fourth-order valence-corrected chi connectivity index (χ4v) is 4.05. The van der Waals surface area contributed by atoms with E-state index in [-0.39, 0.29) is 13.2 Å². The Morgan fingerprint density at radius 2 is 1.51 bits per heavy atom. The average Bonchev–Trinajstić information content (AvgIpc) is 3.28. The lowest BCUT2D eigenvalue weighted by Crippen LogP contribution is -2.43. The fourth-order valence-electron chi connectivity index (χ4n) is 4.05. The number of nitrogens with one attached hydrogen (secondary N) is 3. The molecule has 0 saturated carbocycles. The van der Waals surface area contributed by atoms with Crippen molar-refractivity contribution in [2.75, 3.05) is 13.2 Å². The lowest BCUT2D eigenvalue weighted by Gasteiger charge is -2.22. The predicted molar refractivity (Wildman–Crippen MR) is 155 cm³/mol. The van der Waals surface area contributed by atoms with Crippen molar-refractivity contribution in [1.29, 1.82) is 5.41 Å². The van der Waals surface area contributed by atoms with Crippen molar-refractivity contribution >= 4 is 23.9 Å². The van der Waals surface area contributed by atoms with Gasteiger partial charge in [0.05, 0.1) is 13.2 Å². The molecule has 1 amide bonds. The number of amides is 1. The van der Waals surface area contributed by atoms with Gasteiger partial charge in [-0.1, -0.05) is 69.8 Å². The Balaban J connectivity index is 2.14. The minimum atomic E-state index is -1.10. The lowest BCUT2D eigenvalue weighted by atomic mass is 10.1. The minimum Gasteiger partial charge on any atom is -0.456 e. The third-order valence-electron chi connectivity index (χ3n) is 6.14. The number of hydrogen-bond donors (Lipinski definition) is 3. The highest BCUT2D eigenvalue weighted by Gasteiger charge is 2.42. The molecule has 41 heavy (non-hydrogen) atoms. The van der Waals surface area contributed by atoms with Gasteiger partial charge in [0.1, 0.15) is 0 Å². The molecule has 0 spiro atoms. The Morgan fingerprint density at radius 3 is 2.15 bits per heavy atom. The second-order valence-electron chi connectivity index (χ2n) is 9.86. The van der Waals surface area contributed by atoms with Crippen molar-refractivity contribution in [3.8, 4) is 0 Å². The molecule has 0 aliphatic carbocycles.